The molecule has 0 unspecified atom stereocenters. The van der Waals surface area contributed by atoms with Crippen LogP contribution in [-0.4, -0.2) is 25.2 Å². The fourth-order valence-electron chi connectivity index (χ4n) is 3.05. The number of rotatable bonds is 2. The summed E-state index contributed by atoms with van der Waals surface area (Å²) in [4.78, 5) is 14.0. The van der Waals surface area contributed by atoms with Crippen molar-refractivity contribution < 1.29 is 14.3 Å². The second-order valence-corrected chi connectivity index (χ2v) is 6.52. The Kier molecular flexibility index (Phi) is 3.79. The summed E-state index contributed by atoms with van der Waals surface area (Å²) < 4.78 is 11.1. The van der Waals surface area contributed by atoms with Gasteiger partial charge in [0.1, 0.15) is 19.3 Å². The van der Waals surface area contributed by atoms with Crippen LogP contribution in [0.3, 0.4) is 0 Å². The highest BCUT2D eigenvalue weighted by molar-refractivity contribution is 6.35. The number of β-lactam (4-membered cyclic amide) rings is 1. The predicted molar refractivity (Wildman–Crippen MR) is 92.1 cm³/mol. The van der Waals surface area contributed by atoms with Crippen LogP contribution in [0.5, 0.6) is 11.5 Å². The number of halogens is 2. The van der Waals surface area contributed by atoms with Crippen LogP contribution in [0.4, 0.5) is 5.69 Å². The molecule has 2 aromatic carbocycles. The molecule has 1 saturated heterocycles. The van der Waals surface area contributed by atoms with Crippen LogP contribution in [-0.2, 0) is 4.79 Å². The summed E-state index contributed by atoms with van der Waals surface area (Å²) in [6.07, 6.45) is 0. The number of carbonyl (C=O) groups excluding carboxylic acids is 1. The lowest BCUT2D eigenvalue weighted by Crippen LogP contribution is -2.63. The highest BCUT2D eigenvalue weighted by Gasteiger charge is 2.47. The molecule has 7 heteroatoms. The third kappa shape index (κ3) is 2.40. The molecule has 2 aliphatic rings. The lowest BCUT2D eigenvalue weighted by Gasteiger charge is -2.46. The van der Waals surface area contributed by atoms with Crippen LogP contribution in [0, 0.1) is 0 Å². The zero-order valence-corrected chi connectivity index (χ0v) is 14.1. The zero-order chi connectivity index (χ0) is 16.8. The molecular weight excluding hydrogens is 351 g/mol. The summed E-state index contributed by atoms with van der Waals surface area (Å²) in [5, 5.41) is 1.02. The minimum atomic E-state index is -0.642. The van der Waals surface area contributed by atoms with E-state index in [-0.39, 0.29) is 11.9 Å². The molecule has 2 atom stereocenters. The van der Waals surface area contributed by atoms with E-state index in [0.29, 0.717) is 40.4 Å². The summed E-state index contributed by atoms with van der Waals surface area (Å²) >= 11 is 12.2. The molecule has 1 amide bonds. The minimum Gasteiger partial charge on any atom is -0.486 e. The molecule has 24 heavy (non-hydrogen) atoms. The Bertz CT molecular complexity index is 827. The molecule has 5 nitrogen and oxygen atoms in total. The normalized spacial score (nSPS) is 22.3. The Balaban J connectivity index is 1.72. The molecular formula is C17H14Cl2N2O3. The molecule has 0 spiro atoms. The van der Waals surface area contributed by atoms with Gasteiger partial charge in [-0.1, -0.05) is 29.3 Å². The molecule has 0 aliphatic carbocycles. The van der Waals surface area contributed by atoms with Crippen molar-refractivity contribution in [2.75, 3.05) is 18.1 Å². The van der Waals surface area contributed by atoms with Crippen LogP contribution in [0.1, 0.15) is 11.6 Å². The van der Waals surface area contributed by atoms with E-state index >= 15 is 0 Å². The number of hydrogen-bond acceptors (Lipinski definition) is 4. The van der Waals surface area contributed by atoms with E-state index in [1.165, 1.54) is 0 Å². The molecule has 2 aliphatic heterocycles. The number of ether oxygens (including phenoxy) is 2. The summed E-state index contributed by atoms with van der Waals surface area (Å²) in [6.45, 7) is 0.999. The van der Waals surface area contributed by atoms with Gasteiger partial charge in [-0.25, -0.2) is 0 Å². The van der Waals surface area contributed by atoms with Gasteiger partial charge in [0.15, 0.2) is 11.5 Å². The van der Waals surface area contributed by atoms with E-state index in [1.54, 1.807) is 35.2 Å². The monoisotopic (exact) mass is 364 g/mol. The molecule has 2 heterocycles. The van der Waals surface area contributed by atoms with E-state index in [9.17, 15) is 4.79 Å². The Morgan fingerprint density at radius 2 is 1.79 bits per heavy atom. The molecule has 2 aromatic rings. The first-order chi connectivity index (χ1) is 11.6. The number of nitrogens with two attached hydrogens (primary N) is 1. The van der Waals surface area contributed by atoms with Crippen LogP contribution in [0.25, 0.3) is 0 Å². The topological polar surface area (TPSA) is 64.8 Å². The van der Waals surface area contributed by atoms with Gasteiger partial charge in [-0.05, 0) is 29.8 Å². The van der Waals surface area contributed by atoms with E-state index in [1.807, 2.05) is 6.07 Å². The molecule has 1 fully saturated rings. The molecule has 0 saturated carbocycles. The van der Waals surface area contributed by atoms with Crippen molar-refractivity contribution in [1.82, 2.24) is 0 Å². The second-order valence-electron chi connectivity index (χ2n) is 5.67. The average molecular weight is 365 g/mol. The maximum Gasteiger partial charge on any atom is 0.247 e. The van der Waals surface area contributed by atoms with Gasteiger partial charge in [0, 0.05) is 21.8 Å². The number of hydrogen-bond donors (Lipinski definition) is 1. The predicted octanol–water partition coefficient (Wildman–Crippen LogP) is 3.18. The van der Waals surface area contributed by atoms with Crippen molar-refractivity contribution in [3.8, 4) is 11.5 Å². The SMILES string of the molecule is N[C@H]1C(=O)N(c2ccc3c(c2)OCCO3)[C@H]1c1ccc(Cl)cc1Cl. The average Bonchev–Trinajstić information content (AvgIpc) is 2.59. The summed E-state index contributed by atoms with van der Waals surface area (Å²) in [5.74, 6) is 1.12. The van der Waals surface area contributed by atoms with Crippen molar-refractivity contribution in [3.05, 3.63) is 52.0 Å². The van der Waals surface area contributed by atoms with E-state index < -0.39 is 6.04 Å². The van der Waals surface area contributed by atoms with Crippen molar-refractivity contribution in [3.63, 3.8) is 0 Å². The van der Waals surface area contributed by atoms with Gasteiger partial charge in [-0.2, -0.15) is 0 Å². The Morgan fingerprint density at radius 3 is 2.54 bits per heavy atom. The van der Waals surface area contributed by atoms with Gasteiger partial charge in [-0.3, -0.25) is 4.79 Å². The number of fused-ring (bicyclic) bond motifs is 1. The van der Waals surface area contributed by atoms with Gasteiger partial charge in [0.05, 0.1) is 6.04 Å². The van der Waals surface area contributed by atoms with Gasteiger partial charge in [-0.15, -0.1) is 0 Å². The van der Waals surface area contributed by atoms with E-state index in [2.05, 4.69) is 0 Å². The fourth-order valence-corrected chi connectivity index (χ4v) is 3.58. The molecule has 124 valence electrons. The highest BCUT2D eigenvalue weighted by atomic mass is 35.5. The minimum absolute atomic E-state index is 0.164. The maximum atomic E-state index is 12.4. The van der Waals surface area contributed by atoms with Crippen molar-refractivity contribution in [2.45, 2.75) is 12.1 Å². The number of carbonyl (C=O) groups is 1. The maximum absolute atomic E-state index is 12.4. The van der Waals surface area contributed by atoms with Gasteiger partial charge >= 0.3 is 0 Å². The van der Waals surface area contributed by atoms with Crippen LogP contribution in [0.15, 0.2) is 36.4 Å². The third-order valence-corrected chi connectivity index (χ3v) is 4.79. The van der Waals surface area contributed by atoms with Crippen molar-refractivity contribution >= 4 is 34.8 Å². The second kappa shape index (κ2) is 5.84. The quantitative estimate of drug-likeness (QED) is 0.831. The van der Waals surface area contributed by atoms with Gasteiger partial charge < -0.3 is 20.1 Å². The zero-order valence-electron chi connectivity index (χ0n) is 12.5. The molecule has 4 rings (SSSR count). The molecule has 0 aromatic heterocycles. The lowest BCUT2D eigenvalue weighted by atomic mass is 9.88. The largest absolute Gasteiger partial charge is 0.486 e. The summed E-state index contributed by atoms with van der Waals surface area (Å²) in [5.41, 5.74) is 7.49. The van der Waals surface area contributed by atoms with Crippen molar-refractivity contribution in [2.24, 2.45) is 5.73 Å². The van der Waals surface area contributed by atoms with E-state index in [0.717, 1.165) is 5.56 Å². The van der Waals surface area contributed by atoms with Gasteiger partial charge in [0.2, 0.25) is 5.91 Å². The van der Waals surface area contributed by atoms with Crippen LogP contribution >= 0.6 is 23.2 Å². The lowest BCUT2D eigenvalue weighted by molar-refractivity contribution is -0.126. The first-order valence-electron chi connectivity index (χ1n) is 7.49. The molecule has 0 radical (unpaired) electrons. The standard InChI is InChI=1S/C17H14Cl2N2O3/c18-9-1-3-11(12(19)7-9)16-15(20)17(22)21(16)10-2-4-13-14(8-10)24-6-5-23-13/h1-4,7-8,15-16H,5-6,20H2/t15-,16+/m1/s1. The third-order valence-electron chi connectivity index (χ3n) is 4.23. The number of anilines is 1. The number of nitrogens with zero attached hydrogens (tertiary/aromatic N) is 1. The van der Waals surface area contributed by atoms with Crippen molar-refractivity contribution in [1.29, 1.82) is 0 Å². The number of benzene rings is 2. The summed E-state index contributed by atoms with van der Waals surface area (Å²) in [6, 6.07) is 9.59. The Labute approximate surface area is 148 Å². The number of amides is 1. The van der Waals surface area contributed by atoms with Gasteiger partial charge in [0.25, 0.3) is 0 Å². The Hall–Kier alpha value is -1.95. The van der Waals surface area contributed by atoms with Crippen LogP contribution < -0.4 is 20.1 Å². The molecule has 2 N–H and O–H groups in total. The first-order valence-corrected chi connectivity index (χ1v) is 8.25. The first kappa shape index (κ1) is 15.6. The smallest absolute Gasteiger partial charge is 0.247 e. The fraction of sp³-hybridized carbons (Fsp3) is 0.235. The summed E-state index contributed by atoms with van der Waals surface area (Å²) in [7, 11) is 0. The van der Waals surface area contributed by atoms with E-state index in [4.69, 9.17) is 38.4 Å². The Morgan fingerprint density at radius 1 is 1.04 bits per heavy atom. The van der Waals surface area contributed by atoms with Crippen LogP contribution in [0.2, 0.25) is 10.0 Å². The highest BCUT2D eigenvalue weighted by Crippen LogP contribution is 2.44. The molecule has 0 bridgehead atoms.